The minimum atomic E-state index is -0.627. The van der Waals surface area contributed by atoms with Gasteiger partial charge in [0.25, 0.3) is 0 Å². The van der Waals surface area contributed by atoms with Gasteiger partial charge in [0.05, 0.1) is 25.5 Å². The summed E-state index contributed by atoms with van der Waals surface area (Å²) in [6.45, 7) is 5.20. The molecule has 3 atom stereocenters. The van der Waals surface area contributed by atoms with E-state index in [0.29, 0.717) is 31.9 Å². The van der Waals surface area contributed by atoms with Crippen molar-refractivity contribution in [3.63, 3.8) is 0 Å². The summed E-state index contributed by atoms with van der Waals surface area (Å²) in [6.07, 6.45) is 1.19. The first kappa shape index (κ1) is 30.1. The third-order valence-electron chi connectivity index (χ3n) is 8.92. The van der Waals surface area contributed by atoms with Crippen molar-refractivity contribution in [2.75, 3.05) is 43.1 Å². The molecule has 10 heteroatoms. The molecule has 1 spiro atoms. The van der Waals surface area contributed by atoms with E-state index in [1.165, 1.54) is 0 Å². The van der Waals surface area contributed by atoms with Crippen LogP contribution >= 0.6 is 0 Å². The lowest BCUT2D eigenvalue weighted by atomic mass is 9.85. The Hall–Kier alpha value is -3.96. The molecule has 3 aliphatic heterocycles. The summed E-state index contributed by atoms with van der Waals surface area (Å²) in [6, 6.07) is 25.3. The Bertz CT molecular complexity index is 1430. The van der Waals surface area contributed by atoms with E-state index < -0.39 is 11.8 Å². The molecule has 44 heavy (non-hydrogen) atoms. The predicted octanol–water partition coefficient (Wildman–Crippen LogP) is 4.29. The van der Waals surface area contributed by atoms with E-state index in [-0.39, 0.29) is 30.8 Å². The second-order valence-electron chi connectivity index (χ2n) is 11.7. The molecule has 3 heterocycles. The van der Waals surface area contributed by atoms with Gasteiger partial charge in [0.2, 0.25) is 5.91 Å². The molecule has 0 aliphatic carbocycles. The number of nitrogens with zero attached hydrogens (tertiary/aromatic N) is 2. The normalized spacial score (nSPS) is 23.4. The van der Waals surface area contributed by atoms with E-state index >= 15 is 0 Å². The number of benzene rings is 3. The monoisotopic (exact) mass is 599 g/mol. The highest BCUT2D eigenvalue weighted by atomic mass is 16.7. The fourth-order valence-electron chi connectivity index (χ4n) is 6.56. The fraction of sp³-hybridized carbons (Fsp3) is 0.412. The molecule has 0 radical (unpaired) electrons. The summed E-state index contributed by atoms with van der Waals surface area (Å²) in [5.74, 6) is 0.107. The van der Waals surface area contributed by atoms with Gasteiger partial charge in [-0.3, -0.25) is 4.79 Å². The lowest BCUT2D eigenvalue weighted by Gasteiger charge is -2.45. The molecule has 232 valence electrons. The molecule has 10 nitrogen and oxygen atoms in total. The van der Waals surface area contributed by atoms with Crippen molar-refractivity contribution in [1.82, 2.24) is 15.5 Å². The van der Waals surface area contributed by atoms with E-state index in [1.54, 1.807) is 0 Å². The number of aliphatic hydroxyl groups is 1. The van der Waals surface area contributed by atoms with Gasteiger partial charge in [-0.15, -0.1) is 0 Å². The van der Waals surface area contributed by atoms with Crippen LogP contribution in [0.3, 0.4) is 0 Å². The molecule has 0 aromatic heterocycles. The zero-order valence-corrected chi connectivity index (χ0v) is 25.1. The summed E-state index contributed by atoms with van der Waals surface area (Å²) in [7, 11) is 0. The Labute approximate surface area is 258 Å². The molecule has 3 aliphatic rings. The van der Waals surface area contributed by atoms with Crippen LogP contribution in [-0.2, 0) is 20.9 Å². The van der Waals surface area contributed by atoms with Gasteiger partial charge in [-0.1, -0.05) is 54.6 Å². The average Bonchev–Trinajstić information content (AvgIpc) is 3.37. The molecule has 0 saturated carbocycles. The Morgan fingerprint density at radius 1 is 1.00 bits per heavy atom. The van der Waals surface area contributed by atoms with E-state index in [2.05, 4.69) is 37.9 Å². The number of hydrogen-bond donors (Lipinski definition) is 4. The molecular weight excluding hydrogens is 558 g/mol. The smallest absolute Gasteiger partial charge is 0.319 e. The van der Waals surface area contributed by atoms with E-state index in [4.69, 9.17) is 9.47 Å². The second kappa shape index (κ2) is 13.4. The largest absolute Gasteiger partial charge is 0.392 e. The Kier molecular flexibility index (Phi) is 9.13. The zero-order chi connectivity index (χ0) is 30.5. The van der Waals surface area contributed by atoms with E-state index in [9.17, 15) is 14.7 Å². The van der Waals surface area contributed by atoms with Crippen LogP contribution in [0.25, 0.3) is 0 Å². The first-order chi connectivity index (χ1) is 21.5. The predicted molar refractivity (Wildman–Crippen MR) is 168 cm³/mol. The number of carbonyl (C=O) groups excluding carboxylic acids is 2. The highest BCUT2D eigenvalue weighted by molar-refractivity contribution is 5.93. The van der Waals surface area contributed by atoms with Gasteiger partial charge in [-0.2, -0.15) is 0 Å². The molecule has 3 aromatic rings. The van der Waals surface area contributed by atoms with Crippen molar-refractivity contribution in [2.24, 2.45) is 0 Å². The molecule has 3 amide bonds. The molecule has 1 unspecified atom stereocenters. The van der Waals surface area contributed by atoms with Crippen LogP contribution in [0.4, 0.5) is 16.2 Å². The number of carbonyl (C=O) groups is 2. The first-order valence-corrected chi connectivity index (χ1v) is 15.5. The maximum atomic E-state index is 13.1. The third kappa shape index (κ3) is 6.44. The number of rotatable bonds is 8. The molecule has 4 N–H and O–H groups in total. The lowest BCUT2D eigenvalue weighted by Crippen LogP contribution is -2.57. The number of piperidine rings is 1. The summed E-state index contributed by atoms with van der Waals surface area (Å²) < 4.78 is 13.1. The van der Waals surface area contributed by atoms with Gasteiger partial charge < -0.3 is 40.3 Å². The Morgan fingerprint density at radius 3 is 2.50 bits per heavy atom. The van der Waals surface area contributed by atoms with Gasteiger partial charge in [-0.25, -0.2) is 4.79 Å². The Balaban J connectivity index is 1.17. The van der Waals surface area contributed by atoms with Gasteiger partial charge in [0, 0.05) is 49.5 Å². The third-order valence-corrected chi connectivity index (χ3v) is 8.92. The SMILES string of the molecule is CCNC(=O)Nc1cccc(C2O[C@H](CN3CCC4(CC3)C(=O)NCN4c3ccccc3)C[C@H](c3ccc(CO)cc3)O2)c1. The summed E-state index contributed by atoms with van der Waals surface area (Å²) >= 11 is 0. The minimum absolute atomic E-state index is 0.0122. The number of para-hydroxylation sites is 1. The van der Waals surface area contributed by atoms with Crippen LogP contribution in [0.2, 0.25) is 0 Å². The van der Waals surface area contributed by atoms with Gasteiger partial charge in [0.15, 0.2) is 6.29 Å². The number of amides is 3. The number of hydrogen-bond acceptors (Lipinski definition) is 7. The van der Waals surface area contributed by atoms with E-state index in [1.807, 2.05) is 73.7 Å². The zero-order valence-electron chi connectivity index (χ0n) is 25.1. The number of urea groups is 1. The summed E-state index contributed by atoms with van der Waals surface area (Å²) in [4.78, 5) is 29.9. The van der Waals surface area contributed by atoms with Gasteiger partial charge in [-0.05, 0) is 55.2 Å². The highest BCUT2D eigenvalue weighted by Crippen LogP contribution is 2.40. The van der Waals surface area contributed by atoms with Crippen LogP contribution in [0.5, 0.6) is 0 Å². The van der Waals surface area contributed by atoms with Crippen LogP contribution in [-0.4, -0.2) is 66.4 Å². The molecule has 3 fully saturated rings. The molecule has 3 aromatic carbocycles. The number of likely N-dealkylation sites (tertiary alicyclic amines) is 1. The van der Waals surface area contributed by atoms with Crippen molar-refractivity contribution in [1.29, 1.82) is 0 Å². The van der Waals surface area contributed by atoms with Crippen molar-refractivity contribution < 1.29 is 24.2 Å². The highest BCUT2D eigenvalue weighted by Gasteiger charge is 2.50. The van der Waals surface area contributed by atoms with Gasteiger partial charge in [0.1, 0.15) is 5.54 Å². The molecule has 0 bridgehead atoms. The maximum Gasteiger partial charge on any atom is 0.319 e. The van der Waals surface area contributed by atoms with Crippen molar-refractivity contribution in [3.8, 4) is 0 Å². The minimum Gasteiger partial charge on any atom is -0.392 e. The standard InChI is InChI=1S/C34H41N5O5/c1-2-35-33(42)37-27-8-6-7-26(19-27)31-43-29(20-30(44-31)25-13-11-24(22-40)12-14-25)21-38-17-15-34(16-18-38)32(41)36-23-39(34)28-9-4-3-5-10-28/h3-14,19,29-31,40H,2,15-18,20-23H2,1H3,(H,36,41)(H2,35,37,42)/t29-,30+,31?/m0/s1. The molecular formula is C34H41N5O5. The average molecular weight is 600 g/mol. The van der Waals surface area contributed by atoms with Crippen molar-refractivity contribution in [2.45, 2.75) is 56.8 Å². The first-order valence-electron chi connectivity index (χ1n) is 15.5. The topological polar surface area (TPSA) is 115 Å². The summed E-state index contributed by atoms with van der Waals surface area (Å²) in [5, 5.41) is 18.2. The summed E-state index contributed by atoms with van der Waals surface area (Å²) in [5.41, 5.74) is 3.88. The quantitative estimate of drug-likeness (QED) is 0.305. The van der Waals surface area contributed by atoms with Gasteiger partial charge >= 0.3 is 6.03 Å². The lowest BCUT2D eigenvalue weighted by molar-refractivity contribution is -0.253. The van der Waals surface area contributed by atoms with Crippen LogP contribution in [0, 0.1) is 0 Å². The Morgan fingerprint density at radius 2 is 1.77 bits per heavy atom. The maximum absolute atomic E-state index is 13.1. The van der Waals surface area contributed by atoms with Crippen molar-refractivity contribution >= 4 is 23.3 Å². The van der Waals surface area contributed by atoms with Crippen LogP contribution in [0.15, 0.2) is 78.9 Å². The van der Waals surface area contributed by atoms with Crippen LogP contribution < -0.4 is 20.9 Å². The number of ether oxygens (including phenoxy) is 2. The fourth-order valence-corrected chi connectivity index (χ4v) is 6.56. The number of anilines is 2. The number of nitrogens with one attached hydrogen (secondary N) is 3. The number of aliphatic hydroxyl groups excluding tert-OH is 1. The van der Waals surface area contributed by atoms with Crippen molar-refractivity contribution in [3.05, 3.63) is 95.6 Å². The second-order valence-corrected chi connectivity index (χ2v) is 11.7. The molecule has 6 rings (SSSR count). The van der Waals surface area contributed by atoms with E-state index in [0.717, 1.165) is 48.3 Å². The molecule has 3 saturated heterocycles. The van der Waals surface area contributed by atoms with Crippen LogP contribution in [0.1, 0.15) is 55.3 Å².